The lowest BCUT2D eigenvalue weighted by Gasteiger charge is -2.14. The van der Waals surface area contributed by atoms with Crippen molar-refractivity contribution in [3.63, 3.8) is 0 Å². The van der Waals surface area contributed by atoms with E-state index in [9.17, 15) is 9.18 Å². The molecule has 2 rings (SSSR count). The number of hydrogen-bond acceptors (Lipinski definition) is 4. The number of amides is 1. The van der Waals surface area contributed by atoms with Crippen LogP contribution in [0.3, 0.4) is 0 Å². The van der Waals surface area contributed by atoms with Gasteiger partial charge in [-0.05, 0) is 43.7 Å². The molecule has 0 spiro atoms. The average molecular weight is 404 g/mol. The first kappa shape index (κ1) is 22.4. The minimum atomic E-state index is -0.288. The number of halogens is 1. The molecular formula is C20H29FN6O2. The summed E-state index contributed by atoms with van der Waals surface area (Å²) in [6, 6.07) is 7.96. The number of ether oxygens (including phenoxy) is 1. The van der Waals surface area contributed by atoms with Crippen molar-refractivity contribution in [2.24, 2.45) is 4.99 Å². The smallest absolute Gasteiger partial charge is 0.241 e. The van der Waals surface area contributed by atoms with Gasteiger partial charge >= 0.3 is 0 Å². The van der Waals surface area contributed by atoms with Gasteiger partial charge in [0.2, 0.25) is 5.91 Å². The van der Waals surface area contributed by atoms with Gasteiger partial charge in [-0.2, -0.15) is 5.10 Å². The molecule has 0 saturated carbocycles. The van der Waals surface area contributed by atoms with Crippen LogP contribution in [0.1, 0.15) is 19.0 Å². The fourth-order valence-corrected chi connectivity index (χ4v) is 2.36. The van der Waals surface area contributed by atoms with Crippen molar-refractivity contribution in [3.8, 4) is 5.69 Å². The summed E-state index contributed by atoms with van der Waals surface area (Å²) in [5.41, 5.74) is 1.52. The van der Waals surface area contributed by atoms with Crippen molar-refractivity contribution >= 4 is 11.9 Å². The van der Waals surface area contributed by atoms with Crippen molar-refractivity contribution in [3.05, 3.63) is 48.0 Å². The minimum absolute atomic E-state index is 0.0468. The number of nitrogens with one attached hydrogen (secondary N) is 2. The number of aliphatic imine (C=N–C) groups is 1. The van der Waals surface area contributed by atoms with Crippen molar-refractivity contribution in [2.75, 3.05) is 40.4 Å². The summed E-state index contributed by atoms with van der Waals surface area (Å²) < 4.78 is 20.1. The number of rotatable bonds is 10. The highest BCUT2D eigenvalue weighted by Gasteiger charge is 2.07. The van der Waals surface area contributed by atoms with Gasteiger partial charge in [-0.1, -0.05) is 0 Å². The fraction of sp³-hybridized carbons (Fsp3) is 0.450. The molecule has 0 unspecified atom stereocenters. The first-order valence-electron chi connectivity index (χ1n) is 9.60. The van der Waals surface area contributed by atoms with E-state index in [1.165, 1.54) is 17.0 Å². The lowest BCUT2D eigenvalue weighted by atomic mass is 10.3. The van der Waals surface area contributed by atoms with E-state index in [-0.39, 0.29) is 18.3 Å². The summed E-state index contributed by atoms with van der Waals surface area (Å²) in [6.07, 6.45) is 2.63. The van der Waals surface area contributed by atoms with Gasteiger partial charge in [0.1, 0.15) is 5.82 Å². The Hall–Kier alpha value is -2.94. The van der Waals surface area contributed by atoms with E-state index in [4.69, 9.17) is 4.74 Å². The zero-order valence-electron chi connectivity index (χ0n) is 17.2. The highest BCUT2D eigenvalue weighted by Crippen LogP contribution is 2.09. The molecule has 0 fully saturated rings. The highest BCUT2D eigenvalue weighted by atomic mass is 19.1. The number of nitrogens with zero attached hydrogens (tertiary/aromatic N) is 4. The van der Waals surface area contributed by atoms with E-state index in [1.54, 1.807) is 37.1 Å². The SMILES string of the molecule is CCOCCCNC(=NCc1ccn(-c2ccc(F)cc2)n1)NCC(=O)N(C)C. The number of carbonyl (C=O) groups is 1. The predicted octanol–water partition coefficient (Wildman–Crippen LogP) is 1.56. The summed E-state index contributed by atoms with van der Waals surface area (Å²) in [6.45, 7) is 4.47. The maximum Gasteiger partial charge on any atom is 0.241 e. The van der Waals surface area contributed by atoms with E-state index in [1.807, 2.05) is 13.0 Å². The Kier molecular flexibility index (Phi) is 9.10. The second-order valence-electron chi connectivity index (χ2n) is 6.51. The standard InChI is InChI=1S/C20H29FN6O2/c1-4-29-13-5-11-22-20(24-15-19(28)26(2)3)23-14-17-10-12-27(25-17)18-8-6-16(21)7-9-18/h6-10,12H,4-5,11,13-15H2,1-3H3,(H2,22,23,24). The minimum Gasteiger partial charge on any atom is -0.382 e. The second kappa shape index (κ2) is 11.8. The number of carbonyl (C=O) groups excluding carboxylic acids is 1. The van der Waals surface area contributed by atoms with Gasteiger partial charge in [0.05, 0.1) is 24.5 Å². The number of aromatic nitrogens is 2. The van der Waals surface area contributed by atoms with Crippen LogP contribution in [-0.2, 0) is 16.1 Å². The number of guanidine groups is 1. The molecule has 1 amide bonds. The van der Waals surface area contributed by atoms with Gasteiger partial charge in [0.15, 0.2) is 5.96 Å². The van der Waals surface area contributed by atoms with Crippen molar-refractivity contribution in [2.45, 2.75) is 19.9 Å². The maximum atomic E-state index is 13.1. The summed E-state index contributed by atoms with van der Waals surface area (Å²) in [7, 11) is 3.41. The highest BCUT2D eigenvalue weighted by molar-refractivity contribution is 5.86. The van der Waals surface area contributed by atoms with Gasteiger partial charge in [-0.3, -0.25) is 4.79 Å². The lowest BCUT2D eigenvalue weighted by Crippen LogP contribution is -2.43. The molecule has 8 nitrogen and oxygen atoms in total. The molecule has 1 heterocycles. The lowest BCUT2D eigenvalue weighted by molar-refractivity contribution is -0.127. The van der Waals surface area contributed by atoms with Crippen LogP contribution < -0.4 is 10.6 Å². The molecule has 9 heteroatoms. The molecule has 0 aliphatic heterocycles. The number of benzene rings is 1. The zero-order chi connectivity index (χ0) is 21.1. The molecule has 29 heavy (non-hydrogen) atoms. The summed E-state index contributed by atoms with van der Waals surface area (Å²) in [5.74, 6) is 0.201. The predicted molar refractivity (Wildman–Crippen MR) is 110 cm³/mol. The summed E-state index contributed by atoms with van der Waals surface area (Å²) in [5, 5.41) is 10.7. The van der Waals surface area contributed by atoms with Crippen molar-refractivity contribution in [1.82, 2.24) is 25.3 Å². The third-order valence-electron chi connectivity index (χ3n) is 4.00. The van der Waals surface area contributed by atoms with Crippen LogP contribution >= 0.6 is 0 Å². The van der Waals surface area contributed by atoms with Crippen LogP contribution in [0.4, 0.5) is 4.39 Å². The van der Waals surface area contributed by atoms with Crippen molar-refractivity contribution in [1.29, 1.82) is 0 Å². The molecule has 2 N–H and O–H groups in total. The van der Waals surface area contributed by atoms with Crippen molar-refractivity contribution < 1.29 is 13.9 Å². The number of hydrogen-bond donors (Lipinski definition) is 2. The van der Waals surface area contributed by atoms with Crippen LogP contribution in [0, 0.1) is 5.82 Å². The molecule has 0 saturated heterocycles. The molecule has 0 bridgehead atoms. The van der Waals surface area contributed by atoms with E-state index in [0.29, 0.717) is 32.3 Å². The normalized spacial score (nSPS) is 11.4. The zero-order valence-corrected chi connectivity index (χ0v) is 17.2. The largest absolute Gasteiger partial charge is 0.382 e. The van der Waals surface area contributed by atoms with Crippen LogP contribution in [0.25, 0.3) is 5.69 Å². The molecule has 0 aliphatic carbocycles. The fourth-order valence-electron chi connectivity index (χ4n) is 2.36. The summed E-state index contributed by atoms with van der Waals surface area (Å²) >= 11 is 0. The number of likely N-dealkylation sites (N-methyl/N-ethyl adjacent to an activating group) is 1. The Morgan fingerprint density at radius 1 is 1.24 bits per heavy atom. The molecule has 0 atom stereocenters. The molecular weight excluding hydrogens is 375 g/mol. The molecule has 0 aliphatic rings. The van der Waals surface area contributed by atoms with E-state index in [2.05, 4.69) is 20.7 Å². The molecule has 0 radical (unpaired) electrons. The molecule has 1 aromatic carbocycles. The van der Waals surface area contributed by atoms with Crippen LogP contribution in [0.15, 0.2) is 41.5 Å². The Bertz CT molecular complexity index is 789. The average Bonchev–Trinajstić information content (AvgIpc) is 3.18. The Morgan fingerprint density at radius 3 is 2.69 bits per heavy atom. The Labute approximate surface area is 170 Å². The molecule has 1 aromatic heterocycles. The Balaban J connectivity index is 1.97. The van der Waals surface area contributed by atoms with Crippen LogP contribution in [0.2, 0.25) is 0 Å². The third-order valence-corrected chi connectivity index (χ3v) is 4.00. The van der Waals surface area contributed by atoms with Gasteiger partial charge < -0.3 is 20.3 Å². The first-order chi connectivity index (χ1) is 14.0. The maximum absolute atomic E-state index is 13.1. The van der Waals surface area contributed by atoms with E-state index >= 15 is 0 Å². The first-order valence-corrected chi connectivity index (χ1v) is 9.60. The van der Waals surface area contributed by atoms with Gasteiger partial charge in [-0.25, -0.2) is 14.1 Å². The Morgan fingerprint density at radius 2 is 2.00 bits per heavy atom. The van der Waals surface area contributed by atoms with Gasteiger partial charge in [0.25, 0.3) is 0 Å². The topological polar surface area (TPSA) is 83.8 Å². The van der Waals surface area contributed by atoms with Gasteiger partial charge in [0, 0.05) is 40.1 Å². The van der Waals surface area contributed by atoms with Crippen LogP contribution in [0.5, 0.6) is 0 Å². The van der Waals surface area contributed by atoms with Crippen LogP contribution in [-0.4, -0.2) is 66.9 Å². The molecule has 2 aromatic rings. The van der Waals surface area contributed by atoms with Gasteiger partial charge in [-0.15, -0.1) is 0 Å². The third kappa shape index (κ3) is 7.90. The quantitative estimate of drug-likeness (QED) is 0.357. The van der Waals surface area contributed by atoms with E-state index < -0.39 is 0 Å². The summed E-state index contributed by atoms with van der Waals surface area (Å²) in [4.78, 5) is 17.9. The second-order valence-corrected chi connectivity index (χ2v) is 6.51. The molecule has 158 valence electrons. The van der Waals surface area contributed by atoms with E-state index in [0.717, 1.165) is 17.8 Å². The monoisotopic (exact) mass is 404 g/mol.